The van der Waals surface area contributed by atoms with Crippen LogP contribution in [0.5, 0.6) is 0 Å². The summed E-state index contributed by atoms with van der Waals surface area (Å²) >= 11 is 0. The lowest BCUT2D eigenvalue weighted by molar-refractivity contribution is 0.254. The molecule has 0 aromatic rings. The predicted molar refractivity (Wildman–Crippen MR) is 48.9 cm³/mol. The van der Waals surface area contributed by atoms with Crippen molar-refractivity contribution in [3.05, 3.63) is 35.8 Å². The molecule has 0 spiro atoms. The lowest BCUT2D eigenvalue weighted by Gasteiger charge is -2.24. The van der Waals surface area contributed by atoms with E-state index in [0.29, 0.717) is 5.76 Å². The van der Waals surface area contributed by atoms with Crippen molar-refractivity contribution in [2.45, 2.75) is 13.8 Å². The Hall–Kier alpha value is -1.18. The summed E-state index contributed by atoms with van der Waals surface area (Å²) < 4.78 is 0. The van der Waals surface area contributed by atoms with Gasteiger partial charge < -0.3 is 10.2 Å². The summed E-state index contributed by atoms with van der Waals surface area (Å²) in [6, 6.07) is 0. The van der Waals surface area contributed by atoms with Crippen LogP contribution in [0, 0.1) is 11.8 Å². The number of aliphatic hydroxyl groups excluding tert-OH is 2. The first kappa shape index (κ1) is 8.91. The Kier molecular flexibility index (Phi) is 2.27. The molecular weight excluding hydrogens is 152 g/mol. The zero-order valence-electron chi connectivity index (χ0n) is 7.41. The second-order valence-corrected chi connectivity index (χ2v) is 3.19. The van der Waals surface area contributed by atoms with Crippen molar-refractivity contribution in [3.63, 3.8) is 0 Å². The first-order valence-corrected chi connectivity index (χ1v) is 4.00. The third kappa shape index (κ3) is 1.24. The van der Waals surface area contributed by atoms with Gasteiger partial charge in [-0.2, -0.15) is 0 Å². The minimum atomic E-state index is -0.145. The maximum absolute atomic E-state index is 9.54. The lowest BCUT2D eigenvalue weighted by Crippen LogP contribution is -2.18. The number of aliphatic hydroxyl groups is 2. The average Bonchev–Trinajstić information content (AvgIpc) is 2.01. The Bertz CT molecular complexity index is 261. The van der Waals surface area contributed by atoms with Gasteiger partial charge in [-0.1, -0.05) is 13.0 Å². The van der Waals surface area contributed by atoms with Crippen molar-refractivity contribution in [1.82, 2.24) is 0 Å². The first-order chi connectivity index (χ1) is 5.57. The van der Waals surface area contributed by atoms with E-state index in [0.717, 1.165) is 5.57 Å². The summed E-state index contributed by atoms with van der Waals surface area (Å²) in [7, 11) is 0. The molecular formula is C10H14O2. The highest BCUT2D eigenvalue weighted by Crippen LogP contribution is 2.32. The van der Waals surface area contributed by atoms with E-state index in [4.69, 9.17) is 0 Å². The van der Waals surface area contributed by atoms with Crippen LogP contribution in [0.2, 0.25) is 0 Å². The molecule has 1 aliphatic carbocycles. The quantitative estimate of drug-likeness (QED) is 0.588. The van der Waals surface area contributed by atoms with Gasteiger partial charge in [0.2, 0.25) is 0 Å². The highest BCUT2D eigenvalue weighted by Gasteiger charge is 2.26. The summed E-state index contributed by atoms with van der Waals surface area (Å²) in [5.41, 5.74) is 0.734. The van der Waals surface area contributed by atoms with Gasteiger partial charge >= 0.3 is 0 Å². The van der Waals surface area contributed by atoms with Crippen LogP contribution >= 0.6 is 0 Å². The molecule has 0 heterocycles. The summed E-state index contributed by atoms with van der Waals surface area (Å²) in [6.45, 7) is 7.26. The fourth-order valence-corrected chi connectivity index (χ4v) is 1.50. The monoisotopic (exact) mass is 166 g/mol. The molecule has 0 saturated heterocycles. The molecule has 0 bridgehead atoms. The molecule has 0 aliphatic heterocycles. The van der Waals surface area contributed by atoms with E-state index < -0.39 is 0 Å². The Morgan fingerprint density at radius 3 is 2.58 bits per heavy atom. The minimum absolute atomic E-state index is 0.0625. The molecule has 1 aliphatic rings. The number of hydrogen-bond donors (Lipinski definition) is 2. The predicted octanol–water partition coefficient (Wildman–Crippen LogP) is 2.71. The van der Waals surface area contributed by atoms with E-state index in [1.165, 1.54) is 0 Å². The van der Waals surface area contributed by atoms with Crippen LogP contribution in [0.4, 0.5) is 0 Å². The van der Waals surface area contributed by atoms with Gasteiger partial charge in [-0.25, -0.2) is 0 Å². The highest BCUT2D eigenvalue weighted by molar-refractivity contribution is 5.31. The smallest absolute Gasteiger partial charge is 0.100 e. The van der Waals surface area contributed by atoms with Crippen molar-refractivity contribution < 1.29 is 10.2 Å². The van der Waals surface area contributed by atoms with Gasteiger partial charge in [0.05, 0.1) is 5.76 Å². The van der Waals surface area contributed by atoms with Gasteiger partial charge in [0.25, 0.3) is 0 Å². The van der Waals surface area contributed by atoms with Gasteiger partial charge in [-0.05, 0) is 18.6 Å². The number of allylic oxidation sites excluding steroid dienone is 4. The highest BCUT2D eigenvalue weighted by atomic mass is 16.3. The minimum Gasteiger partial charge on any atom is -0.512 e. The average molecular weight is 166 g/mol. The fraction of sp³-hybridized carbons (Fsp3) is 0.400. The molecule has 2 unspecified atom stereocenters. The maximum Gasteiger partial charge on any atom is 0.100 e. The molecule has 2 atom stereocenters. The van der Waals surface area contributed by atoms with E-state index in [1.807, 2.05) is 6.92 Å². The number of hydrogen-bond acceptors (Lipinski definition) is 2. The second-order valence-electron chi connectivity index (χ2n) is 3.19. The summed E-state index contributed by atoms with van der Waals surface area (Å²) in [5, 5.41) is 19.0. The molecule has 12 heavy (non-hydrogen) atoms. The SMILES string of the molecule is C=CC1C(O)=CC(C)=C(O)C1C. The van der Waals surface area contributed by atoms with Crippen molar-refractivity contribution >= 4 is 0 Å². The number of rotatable bonds is 1. The van der Waals surface area contributed by atoms with Crippen molar-refractivity contribution in [1.29, 1.82) is 0 Å². The standard InChI is InChI=1S/C10H14O2/c1-4-8-7(3)10(12)6(2)5-9(8)11/h4-5,7-8,11-12H,1H2,2-3H3. The zero-order valence-corrected chi connectivity index (χ0v) is 7.41. The molecule has 0 saturated carbocycles. The zero-order chi connectivity index (χ0) is 9.30. The van der Waals surface area contributed by atoms with Gasteiger partial charge in [0.15, 0.2) is 0 Å². The third-order valence-electron chi connectivity index (χ3n) is 2.33. The van der Waals surface area contributed by atoms with Crippen LogP contribution in [-0.4, -0.2) is 10.2 Å². The van der Waals surface area contributed by atoms with Gasteiger partial charge in [-0.15, -0.1) is 6.58 Å². The molecule has 0 amide bonds. The molecule has 0 aromatic carbocycles. The van der Waals surface area contributed by atoms with Crippen molar-refractivity contribution in [2.24, 2.45) is 11.8 Å². The summed E-state index contributed by atoms with van der Waals surface area (Å²) in [6.07, 6.45) is 3.24. The van der Waals surface area contributed by atoms with E-state index in [-0.39, 0.29) is 17.6 Å². The summed E-state index contributed by atoms with van der Waals surface area (Å²) in [4.78, 5) is 0. The summed E-state index contributed by atoms with van der Waals surface area (Å²) in [5.74, 6) is 0.423. The molecule has 0 aromatic heterocycles. The van der Waals surface area contributed by atoms with E-state index in [9.17, 15) is 10.2 Å². The molecule has 0 fully saturated rings. The third-order valence-corrected chi connectivity index (χ3v) is 2.33. The molecule has 2 nitrogen and oxygen atoms in total. The van der Waals surface area contributed by atoms with Gasteiger partial charge in [0, 0.05) is 11.8 Å². The Balaban J connectivity index is 3.05. The van der Waals surface area contributed by atoms with Gasteiger partial charge in [-0.3, -0.25) is 0 Å². The molecule has 2 heteroatoms. The second kappa shape index (κ2) is 3.05. The first-order valence-electron chi connectivity index (χ1n) is 4.00. The van der Waals surface area contributed by atoms with Crippen LogP contribution < -0.4 is 0 Å². The van der Waals surface area contributed by atoms with E-state index in [1.54, 1.807) is 19.1 Å². The van der Waals surface area contributed by atoms with Crippen LogP contribution in [0.1, 0.15) is 13.8 Å². The maximum atomic E-state index is 9.54. The lowest BCUT2D eigenvalue weighted by atomic mass is 9.84. The fourth-order valence-electron chi connectivity index (χ4n) is 1.50. The Morgan fingerprint density at radius 1 is 1.50 bits per heavy atom. The van der Waals surface area contributed by atoms with Gasteiger partial charge in [0.1, 0.15) is 5.76 Å². The molecule has 1 rings (SSSR count). The van der Waals surface area contributed by atoms with Crippen LogP contribution in [0.15, 0.2) is 35.8 Å². The Labute approximate surface area is 72.5 Å². The van der Waals surface area contributed by atoms with Crippen LogP contribution in [0.25, 0.3) is 0 Å². The van der Waals surface area contributed by atoms with E-state index in [2.05, 4.69) is 6.58 Å². The largest absolute Gasteiger partial charge is 0.512 e. The van der Waals surface area contributed by atoms with Crippen molar-refractivity contribution in [3.8, 4) is 0 Å². The van der Waals surface area contributed by atoms with E-state index >= 15 is 0 Å². The van der Waals surface area contributed by atoms with Crippen LogP contribution in [0.3, 0.4) is 0 Å². The van der Waals surface area contributed by atoms with Crippen molar-refractivity contribution in [2.75, 3.05) is 0 Å². The topological polar surface area (TPSA) is 40.5 Å². The molecule has 66 valence electrons. The molecule has 2 N–H and O–H groups in total. The normalized spacial score (nSPS) is 30.0. The molecule has 0 radical (unpaired) electrons. The van der Waals surface area contributed by atoms with Crippen LogP contribution in [-0.2, 0) is 0 Å². The Morgan fingerprint density at radius 2 is 2.08 bits per heavy atom.